The molecule has 132 valence electrons. The van der Waals surface area contributed by atoms with Gasteiger partial charge < -0.3 is 9.73 Å². The average Bonchev–Trinajstić information content (AvgIpc) is 3.00. The molecular formula is C19H17N3O3S. The number of nitrogens with zero attached hydrogens (tertiary/aromatic N) is 2. The molecule has 0 saturated carbocycles. The predicted octanol–water partition coefficient (Wildman–Crippen LogP) is 3.71. The molecule has 0 aliphatic heterocycles. The van der Waals surface area contributed by atoms with E-state index in [1.165, 1.54) is 12.6 Å². The molecule has 2 aromatic heterocycles. The van der Waals surface area contributed by atoms with Gasteiger partial charge in [-0.1, -0.05) is 24.3 Å². The second kappa shape index (κ2) is 6.42. The maximum absolute atomic E-state index is 11.3. The molecule has 0 fully saturated rings. The second-order valence-electron chi connectivity index (χ2n) is 6.20. The van der Waals surface area contributed by atoms with Crippen molar-refractivity contribution >= 4 is 43.4 Å². The number of hydrogen-bond donors (Lipinski definition) is 1. The Morgan fingerprint density at radius 3 is 2.58 bits per heavy atom. The molecule has 2 aromatic carbocycles. The first-order valence-electron chi connectivity index (χ1n) is 8.15. The van der Waals surface area contributed by atoms with E-state index >= 15 is 0 Å². The van der Waals surface area contributed by atoms with Crippen LogP contribution in [0.5, 0.6) is 0 Å². The second-order valence-corrected chi connectivity index (χ2v) is 8.46. The third-order valence-corrected chi connectivity index (χ3v) is 5.08. The molecule has 7 heteroatoms. The summed E-state index contributed by atoms with van der Waals surface area (Å²) in [6.45, 7) is 0. The zero-order valence-electron chi connectivity index (χ0n) is 14.1. The third-order valence-electron chi connectivity index (χ3n) is 4.14. The molecule has 0 spiro atoms. The fourth-order valence-electron chi connectivity index (χ4n) is 2.81. The van der Waals surface area contributed by atoms with Gasteiger partial charge in [-0.25, -0.2) is 18.4 Å². The number of aryl methyl sites for hydroxylation is 1. The summed E-state index contributed by atoms with van der Waals surface area (Å²) < 4.78 is 28.4. The van der Waals surface area contributed by atoms with Gasteiger partial charge in [-0.05, 0) is 36.2 Å². The van der Waals surface area contributed by atoms with E-state index in [1.54, 1.807) is 0 Å². The lowest BCUT2D eigenvalue weighted by Crippen LogP contribution is -2.05. The Morgan fingerprint density at radius 2 is 1.81 bits per heavy atom. The maximum Gasteiger partial charge on any atom is 0.196 e. The number of para-hydroxylation sites is 1. The molecule has 0 radical (unpaired) electrons. The van der Waals surface area contributed by atoms with Crippen molar-refractivity contribution in [2.75, 3.05) is 17.3 Å². The number of fused-ring (bicyclic) bond motifs is 3. The Bertz CT molecular complexity index is 1180. The third kappa shape index (κ3) is 3.39. The van der Waals surface area contributed by atoms with Gasteiger partial charge in [0.1, 0.15) is 27.3 Å². The van der Waals surface area contributed by atoms with E-state index in [-0.39, 0.29) is 5.75 Å². The molecule has 26 heavy (non-hydrogen) atoms. The summed E-state index contributed by atoms with van der Waals surface area (Å²) in [6, 6.07) is 15.3. The quantitative estimate of drug-likeness (QED) is 0.579. The normalized spacial score (nSPS) is 11.9. The van der Waals surface area contributed by atoms with Gasteiger partial charge in [-0.2, -0.15) is 0 Å². The standard InChI is InChI=1S/C19H17N3O3S/c1-26(23,24)11-10-13-6-8-14(9-7-13)22-19-18-17(20-12-21-19)15-4-2-3-5-16(15)25-18/h2-9,12H,10-11H2,1H3,(H,20,21,22). The van der Waals surface area contributed by atoms with Gasteiger partial charge >= 0.3 is 0 Å². The number of hydrogen-bond acceptors (Lipinski definition) is 6. The Morgan fingerprint density at radius 1 is 1.04 bits per heavy atom. The van der Waals surface area contributed by atoms with Crippen LogP contribution in [0.25, 0.3) is 22.1 Å². The summed E-state index contributed by atoms with van der Waals surface area (Å²) in [7, 11) is -2.96. The Balaban J connectivity index is 1.61. The van der Waals surface area contributed by atoms with E-state index in [9.17, 15) is 8.42 Å². The van der Waals surface area contributed by atoms with Crippen molar-refractivity contribution in [3.63, 3.8) is 0 Å². The molecule has 4 rings (SSSR count). The molecule has 2 heterocycles. The van der Waals surface area contributed by atoms with E-state index in [0.717, 1.165) is 27.7 Å². The molecule has 4 aromatic rings. The van der Waals surface area contributed by atoms with Gasteiger partial charge in [0.05, 0.1) is 5.75 Å². The number of furan rings is 1. The van der Waals surface area contributed by atoms with Crippen molar-refractivity contribution in [1.29, 1.82) is 0 Å². The summed E-state index contributed by atoms with van der Waals surface area (Å²) in [5.74, 6) is 0.737. The van der Waals surface area contributed by atoms with Crippen LogP contribution in [0, 0.1) is 0 Å². The molecule has 0 amide bonds. The number of benzene rings is 2. The molecular weight excluding hydrogens is 350 g/mol. The highest BCUT2D eigenvalue weighted by atomic mass is 32.2. The lowest BCUT2D eigenvalue weighted by atomic mass is 10.1. The van der Waals surface area contributed by atoms with E-state index in [4.69, 9.17) is 4.42 Å². The molecule has 0 saturated heterocycles. The van der Waals surface area contributed by atoms with Crippen molar-refractivity contribution in [2.45, 2.75) is 6.42 Å². The minimum absolute atomic E-state index is 0.144. The summed E-state index contributed by atoms with van der Waals surface area (Å²) in [6.07, 6.45) is 3.25. The summed E-state index contributed by atoms with van der Waals surface area (Å²) in [5.41, 5.74) is 3.95. The number of sulfone groups is 1. The molecule has 0 bridgehead atoms. The smallest absolute Gasteiger partial charge is 0.196 e. The van der Waals surface area contributed by atoms with Gasteiger partial charge in [0, 0.05) is 17.3 Å². The van der Waals surface area contributed by atoms with E-state index in [0.29, 0.717) is 17.8 Å². The zero-order valence-corrected chi connectivity index (χ0v) is 15.0. The van der Waals surface area contributed by atoms with Gasteiger partial charge in [0.25, 0.3) is 0 Å². The van der Waals surface area contributed by atoms with Crippen LogP contribution in [-0.2, 0) is 16.3 Å². The molecule has 0 unspecified atom stereocenters. The topological polar surface area (TPSA) is 85.1 Å². The van der Waals surface area contributed by atoms with Crippen LogP contribution in [0.2, 0.25) is 0 Å². The highest BCUT2D eigenvalue weighted by molar-refractivity contribution is 7.90. The van der Waals surface area contributed by atoms with Crippen LogP contribution >= 0.6 is 0 Å². The maximum atomic E-state index is 11.3. The summed E-state index contributed by atoms with van der Waals surface area (Å²) >= 11 is 0. The molecule has 0 atom stereocenters. The molecule has 0 aliphatic carbocycles. The minimum atomic E-state index is -2.96. The predicted molar refractivity (Wildman–Crippen MR) is 102 cm³/mol. The Kier molecular flexibility index (Phi) is 4.08. The van der Waals surface area contributed by atoms with E-state index in [2.05, 4.69) is 15.3 Å². The minimum Gasteiger partial charge on any atom is -0.450 e. The zero-order chi connectivity index (χ0) is 18.1. The van der Waals surface area contributed by atoms with Crippen molar-refractivity contribution < 1.29 is 12.8 Å². The van der Waals surface area contributed by atoms with Crippen molar-refractivity contribution in [1.82, 2.24) is 9.97 Å². The van der Waals surface area contributed by atoms with Crippen LogP contribution in [0.1, 0.15) is 5.56 Å². The highest BCUT2D eigenvalue weighted by Crippen LogP contribution is 2.31. The number of nitrogens with one attached hydrogen (secondary N) is 1. The van der Waals surface area contributed by atoms with Gasteiger partial charge in [0.2, 0.25) is 0 Å². The van der Waals surface area contributed by atoms with Crippen LogP contribution in [0.3, 0.4) is 0 Å². The fraction of sp³-hybridized carbons (Fsp3) is 0.158. The lowest BCUT2D eigenvalue weighted by molar-refractivity contribution is 0.601. The first-order valence-corrected chi connectivity index (χ1v) is 10.2. The van der Waals surface area contributed by atoms with Crippen molar-refractivity contribution in [3.8, 4) is 0 Å². The van der Waals surface area contributed by atoms with Gasteiger partial charge in [-0.3, -0.25) is 0 Å². The van der Waals surface area contributed by atoms with Crippen LogP contribution in [0.4, 0.5) is 11.5 Å². The summed E-state index contributed by atoms with van der Waals surface area (Å²) in [5, 5.41) is 4.19. The number of anilines is 2. The monoisotopic (exact) mass is 367 g/mol. The number of rotatable bonds is 5. The van der Waals surface area contributed by atoms with Crippen LogP contribution in [0.15, 0.2) is 59.3 Å². The van der Waals surface area contributed by atoms with E-state index < -0.39 is 9.84 Å². The van der Waals surface area contributed by atoms with Crippen LogP contribution < -0.4 is 5.32 Å². The largest absolute Gasteiger partial charge is 0.450 e. The molecule has 1 N–H and O–H groups in total. The summed E-state index contributed by atoms with van der Waals surface area (Å²) in [4.78, 5) is 8.62. The first-order chi connectivity index (χ1) is 12.5. The van der Waals surface area contributed by atoms with Crippen molar-refractivity contribution in [3.05, 3.63) is 60.4 Å². The van der Waals surface area contributed by atoms with Crippen molar-refractivity contribution in [2.24, 2.45) is 0 Å². The molecule has 0 aliphatic rings. The fourth-order valence-corrected chi connectivity index (χ4v) is 3.41. The highest BCUT2D eigenvalue weighted by Gasteiger charge is 2.13. The Labute approximate surface area is 150 Å². The SMILES string of the molecule is CS(=O)(=O)CCc1ccc(Nc2ncnc3c2oc2ccccc23)cc1. The van der Waals surface area contributed by atoms with Crippen LogP contribution in [-0.4, -0.2) is 30.4 Å². The molecule has 6 nitrogen and oxygen atoms in total. The van der Waals surface area contributed by atoms with Gasteiger partial charge in [-0.15, -0.1) is 0 Å². The first kappa shape index (κ1) is 16.5. The lowest BCUT2D eigenvalue weighted by Gasteiger charge is -2.07. The van der Waals surface area contributed by atoms with E-state index in [1.807, 2.05) is 48.5 Å². The Hall–Kier alpha value is -2.93. The average molecular weight is 367 g/mol. The number of aromatic nitrogens is 2. The van der Waals surface area contributed by atoms with Gasteiger partial charge in [0.15, 0.2) is 11.4 Å².